The molecule has 34 heavy (non-hydrogen) atoms. The van der Waals surface area contributed by atoms with Crippen molar-refractivity contribution >= 4 is 27.5 Å². The highest BCUT2D eigenvalue weighted by Crippen LogP contribution is 2.29. The van der Waals surface area contributed by atoms with E-state index in [-0.39, 0.29) is 11.5 Å². The third-order valence-electron chi connectivity index (χ3n) is 6.50. The van der Waals surface area contributed by atoms with Crippen LogP contribution in [0.25, 0.3) is 21.5 Å². The van der Waals surface area contributed by atoms with Gasteiger partial charge in [0.2, 0.25) is 0 Å². The van der Waals surface area contributed by atoms with Gasteiger partial charge in [0, 0.05) is 44.6 Å². The third-order valence-corrected chi connectivity index (χ3v) is 7.67. The number of carbonyl (C=O) groups is 1. The van der Waals surface area contributed by atoms with Gasteiger partial charge >= 0.3 is 0 Å². The molecule has 0 spiro atoms. The molecule has 176 valence electrons. The van der Waals surface area contributed by atoms with Crippen LogP contribution < -0.4 is 5.56 Å². The lowest BCUT2D eigenvalue weighted by atomic mass is 10.1. The molecule has 0 unspecified atom stereocenters. The predicted molar refractivity (Wildman–Crippen MR) is 133 cm³/mol. The first kappa shape index (κ1) is 22.5. The zero-order valence-electron chi connectivity index (χ0n) is 19.5. The summed E-state index contributed by atoms with van der Waals surface area (Å²) in [7, 11) is 1.80. The Morgan fingerprint density at radius 2 is 2.03 bits per heavy atom. The number of nitrogens with zero attached hydrogens (tertiary/aromatic N) is 4. The van der Waals surface area contributed by atoms with Crippen molar-refractivity contribution in [3.63, 3.8) is 0 Å². The monoisotopic (exact) mass is 476 g/mol. The van der Waals surface area contributed by atoms with E-state index in [1.807, 2.05) is 47.9 Å². The van der Waals surface area contributed by atoms with Crippen molar-refractivity contribution < 1.29 is 9.32 Å². The fourth-order valence-corrected chi connectivity index (χ4v) is 5.74. The number of benzene rings is 1. The van der Waals surface area contributed by atoms with Crippen molar-refractivity contribution in [2.45, 2.75) is 52.0 Å². The molecule has 1 aromatic carbocycles. The number of fused-ring (bicyclic) bond motifs is 2. The lowest BCUT2D eigenvalue weighted by Gasteiger charge is -2.16. The maximum absolute atomic E-state index is 13.2. The van der Waals surface area contributed by atoms with Crippen LogP contribution in [0.1, 0.15) is 52.5 Å². The summed E-state index contributed by atoms with van der Waals surface area (Å²) in [6.45, 7) is 3.16. The molecule has 4 heterocycles. The van der Waals surface area contributed by atoms with Crippen molar-refractivity contribution in [1.82, 2.24) is 19.6 Å². The second-order valence-corrected chi connectivity index (χ2v) is 9.91. The van der Waals surface area contributed by atoms with Crippen molar-refractivity contribution in [2.75, 3.05) is 13.6 Å². The highest BCUT2D eigenvalue weighted by atomic mass is 32.1. The quantitative estimate of drug-likeness (QED) is 0.397. The van der Waals surface area contributed by atoms with Gasteiger partial charge in [-0.15, -0.1) is 11.3 Å². The van der Waals surface area contributed by atoms with Gasteiger partial charge in [-0.25, -0.2) is 4.98 Å². The summed E-state index contributed by atoms with van der Waals surface area (Å²) in [5.74, 6) is 1.59. The highest BCUT2D eigenvalue weighted by Gasteiger charge is 2.24. The summed E-state index contributed by atoms with van der Waals surface area (Å²) in [6, 6.07) is 11.9. The Morgan fingerprint density at radius 3 is 2.85 bits per heavy atom. The number of thiophene rings is 1. The Morgan fingerprint density at radius 1 is 1.21 bits per heavy atom. The fourth-order valence-electron chi connectivity index (χ4n) is 4.55. The largest absolute Gasteiger partial charge is 0.361 e. The standard InChI is InChI=1S/C26H28N4O3S/c1-17-22-24(27-21-13-7-4-8-15-30(21)25(22)31)34-23(17)26(32)29(2)14-9-12-19-16-20(28-33-19)18-10-5-3-6-11-18/h3,5-6,10-11,16H,4,7-9,12-15H2,1-2H3. The van der Waals surface area contributed by atoms with Crippen molar-refractivity contribution in [3.05, 3.63) is 68.8 Å². The Balaban J connectivity index is 1.28. The lowest BCUT2D eigenvalue weighted by Crippen LogP contribution is -2.28. The molecule has 8 heteroatoms. The van der Waals surface area contributed by atoms with Gasteiger partial charge in [-0.2, -0.15) is 0 Å². The van der Waals surface area contributed by atoms with E-state index < -0.39 is 0 Å². The smallest absolute Gasteiger partial charge is 0.264 e. The molecular weight excluding hydrogens is 448 g/mol. The number of rotatable bonds is 6. The molecule has 0 fully saturated rings. The van der Waals surface area contributed by atoms with E-state index in [0.29, 0.717) is 34.6 Å². The van der Waals surface area contributed by atoms with Gasteiger partial charge in [-0.1, -0.05) is 41.9 Å². The summed E-state index contributed by atoms with van der Waals surface area (Å²) >= 11 is 1.34. The Bertz CT molecular complexity index is 1390. The van der Waals surface area contributed by atoms with Crippen molar-refractivity contribution in [3.8, 4) is 11.3 Å². The first-order valence-corrected chi connectivity index (χ1v) is 12.6. The first-order valence-electron chi connectivity index (χ1n) is 11.8. The molecule has 0 radical (unpaired) electrons. The van der Waals surface area contributed by atoms with E-state index in [0.717, 1.165) is 60.5 Å². The molecule has 4 aromatic rings. The molecule has 0 saturated heterocycles. The summed E-state index contributed by atoms with van der Waals surface area (Å²) in [5.41, 5.74) is 2.58. The first-order chi connectivity index (χ1) is 16.5. The van der Waals surface area contributed by atoms with Gasteiger partial charge in [0.05, 0.1) is 10.3 Å². The van der Waals surface area contributed by atoms with Crippen molar-refractivity contribution in [1.29, 1.82) is 0 Å². The van der Waals surface area contributed by atoms with Crippen LogP contribution in [-0.2, 0) is 19.4 Å². The maximum Gasteiger partial charge on any atom is 0.264 e. The molecule has 0 N–H and O–H groups in total. The number of amides is 1. The molecule has 0 aliphatic carbocycles. The van der Waals surface area contributed by atoms with Gasteiger partial charge in [0.25, 0.3) is 11.5 Å². The Kier molecular flexibility index (Phi) is 6.32. The SMILES string of the molecule is Cc1c(C(=O)N(C)CCCc2cc(-c3ccccc3)no2)sc2nc3n(c(=O)c12)CCCCC3. The number of carbonyl (C=O) groups excluding carboxylic acids is 1. The summed E-state index contributed by atoms with van der Waals surface area (Å²) in [6.07, 6.45) is 5.43. The van der Waals surface area contributed by atoms with Crippen LogP contribution in [0.2, 0.25) is 0 Å². The normalized spacial score (nSPS) is 13.6. The topological polar surface area (TPSA) is 81.2 Å². The molecule has 5 rings (SSSR count). The molecular formula is C26H28N4O3S. The second-order valence-electron chi connectivity index (χ2n) is 8.91. The van der Waals surface area contributed by atoms with E-state index in [2.05, 4.69) is 5.16 Å². The average Bonchev–Trinajstić information content (AvgIpc) is 3.36. The summed E-state index contributed by atoms with van der Waals surface area (Å²) in [4.78, 5) is 34.2. The predicted octanol–water partition coefficient (Wildman–Crippen LogP) is 4.85. The van der Waals surface area contributed by atoms with E-state index >= 15 is 0 Å². The second kappa shape index (κ2) is 9.54. The van der Waals surface area contributed by atoms with Gasteiger partial charge in [-0.05, 0) is 31.7 Å². The van der Waals surface area contributed by atoms with E-state index in [1.165, 1.54) is 11.3 Å². The van der Waals surface area contributed by atoms with Crippen LogP contribution in [0.4, 0.5) is 0 Å². The Labute approximate surface area is 202 Å². The minimum absolute atomic E-state index is 0.00288. The van der Waals surface area contributed by atoms with Crippen LogP contribution in [0.3, 0.4) is 0 Å². The molecule has 0 saturated carbocycles. The van der Waals surface area contributed by atoms with Gasteiger partial charge in [-0.3, -0.25) is 14.2 Å². The molecule has 1 aliphatic heterocycles. The molecule has 1 amide bonds. The number of aryl methyl sites for hydroxylation is 3. The zero-order valence-corrected chi connectivity index (χ0v) is 20.4. The van der Waals surface area contributed by atoms with E-state index in [4.69, 9.17) is 9.51 Å². The fraction of sp³-hybridized carbons (Fsp3) is 0.385. The molecule has 0 atom stereocenters. The van der Waals surface area contributed by atoms with Crippen LogP contribution in [0.5, 0.6) is 0 Å². The molecule has 3 aromatic heterocycles. The van der Waals surface area contributed by atoms with Crippen LogP contribution in [-0.4, -0.2) is 39.1 Å². The average molecular weight is 477 g/mol. The van der Waals surface area contributed by atoms with E-state index in [9.17, 15) is 9.59 Å². The van der Waals surface area contributed by atoms with Crippen molar-refractivity contribution in [2.24, 2.45) is 0 Å². The minimum Gasteiger partial charge on any atom is -0.361 e. The molecule has 7 nitrogen and oxygen atoms in total. The van der Waals surface area contributed by atoms with E-state index in [1.54, 1.807) is 11.9 Å². The maximum atomic E-state index is 13.2. The number of hydrogen-bond acceptors (Lipinski definition) is 6. The molecule has 1 aliphatic rings. The number of aromatic nitrogens is 3. The number of hydrogen-bond donors (Lipinski definition) is 0. The van der Waals surface area contributed by atoms with Crippen LogP contribution >= 0.6 is 11.3 Å². The highest BCUT2D eigenvalue weighted by molar-refractivity contribution is 7.20. The lowest BCUT2D eigenvalue weighted by molar-refractivity contribution is 0.0797. The minimum atomic E-state index is -0.0670. The Hall–Kier alpha value is -3.26. The van der Waals surface area contributed by atoms with Crippen LogP contribution in [0.15, 0.2) is 45.7 Å². The van der Waals surface area contributed by atoms with Gasteiger partial charge in [0.1, 0.15) is 22.1 Å². The zero-order chi connectivity index (χ0) is 23.7. The van der Waals surface area contributed by atoms with Gasteiger partial charge < -0.3 is 9.42 Å². The summed E-state index contributed by atoms with van der Waals surface area (Å²) in [5, 5.41) is 4.76. The van der Waals surface area contributed by atoms with Gasteiger partial charge in [0.15, 0.2) is 0 Å². The third kappa shape index (κ3) is 4.30. The molecule has 0 bridgehead atoms. The van der Waals surface area contributed by atoms with Crippen LogP contribution in [0, 0.1) is 6.92 Å². The summed E-state index contributed by atoms with van der Waals surface area (Å²) < 4.78 is 7.29.